The number of nitriles is 1. The van der Waals surface area contributed by atoms with E-state index in [0.717, 1.165) is 0 Å². The Morgan fingerprint density at radius 1 is 1.31 bits per heavy atom. The van der Waals surface area contributed by atoms with E-state index in [0.29, 0.717) is 5.56 Å². The molecule has 0 bridgehead atoms. The van der Waals surface area contributed by atoms with Crippen molar-refractivity contribution >= 4 is 6.16 Å². The average molecular weight is 219 g/mol. The highest BCUT2D eigenvalue weighted by atomic mass is 16.7. The first-order valence-corrected chi connectivity index (χ1v) is 4.82. The van der Waals surface area contributed by atoms with Gasteiger partial charge in [-0.1, -0.05) is 12.1 Å². The van der Waals surface area contributed by atoms with Crippen LogP contribution in [0.15, 0.2) is 24.3 Å². The van der Waals surface area contributed by atoms with Crippen LogP contribution in [0.1, 0.15) is 26.3 Å². The maximum absolute atomic E-state index is 11.3. The summed E-state index contributed by atoms with van der Waals surface area (Å²) in [5.41, 5.74) is -0.313. The highest BCUT2D eigenvalue weighted by molar-refractivity contribution is 5.65. The lowest BCUT2D eigenvalue weighted by Crippen LogP contribution is -2.26. The molecule has 0 aromatic heterocycles. The van der Waals surface area contributed by atoms with Crippen molar-refractivity contribution in [1.82, 2.24) is 0 Å². The predicted molar refractivity (Wildman–Crippen MR) is 58.0 cm³/mol. The summed E-state index contributed by atoms with van der Waals surface area (Å²) in [4.78, 5) is 11.3. The SMILES string of the molecule is CC(C)(C)OC(=O)Oc1ccccc1C#N. The fourth-order valence-corrected chi connectivity index (χ4v) is 1.01. The van der Waals surface area contributed by atoms with E-state index in [1.165, 1.54) is 0 Å². The van der Waals surface area contributed by atoms with E-state index in [1.807, 2.05) is 6.07 Å². The van der Waals surface area contributed by atoms with Crippen LogP contribution in [0.4, 0.5) is 4.79 Å². The molecule has 1 aromatic rings. The Morgan fingerprint density at radius 3 is 2.50 bits per heavy atom. The molecule has 0 saturated heterocycles. The lowest BCUT2D eigenvalue weighted by molar-refractivity contribution is 0.0205. The Balaban J connectivity index is 2.75. The zero-order chi connectivity index (χ0) is 12.2. The van der Waals surface area contributed by atoms with E-state index in [9.17, 15) is 4.79 Å². The summed E-state index contributed by atoms with van der Waals surface area (Å²) in [5, 5.41) is 8.78. The molecule has 0 amide bonds. The first-order valence-electron chi connectivity index (χ1n) is 4.82. The number of para-hydroxylation sites is 1. The normalized spacial score (nSPS) is 10.4. The first-order chi connectivity index (χ1) is 7.42. The smallest absolute Gasteiger partial charge is 0.428 e. The number of carbonyl (C=O) groups is 1. The fraction of sp³-hybridized carbons (Fsp3) is 0.333. The fourth-order valence-electron chi connectivity index (χ4n) is 1.01. The molecule has 0 aliphatic carbocycles. The minimum Gasteiger partial charge on any atom is -0.428 e. The summed E-state index contributed by atoms with van der Waals surface area (Å²) in [6, 6.07) is 8.42. The van der Waals surface area contributed by atoms with E-state index in [1.54, 1.807) is 45.0 Å². The summed E-state index contributed by atoms with van der Waals surface area (Å²) < 4.78 is 9.90. The van der Waals surface area contributed by atoms with Gasteiger partial charge in [-0.3, -0.25) is 0 Å². The minimum atomic E-state index is -0.810. The van der Waals surface area contributed by atoms with Crippen LogP contribution in [-0.2, 0) is 4.74 Å². The van der Waals surface area contributed by atoms with Crippen molar-refractivity contribution in [3.63, 3.8) is 0 Å². The van der Waals surface area contributed by atoms with Crippen molar-refractivity contribution < 1.29 is 14.3 Å². The van der Waals surface area contributed by atoms with Crippen LogP contribution >= 0.6 is 0 Å². The zero-order valence-electron chi connectivity index (χ0n) is 9.48. The van der Waals surface area contributed by atoms with Crippen LogP contribution in [0, 0.1) is 11.3 Å². The van der Waals surface area contributed by atoms with Gasteiger partial charge in [0.15, 0.2) is 5.75 Å². The maximum atomic E-state index is 11.3. The van der Waals surface area contributed by atoms with Crippen LogP contribution < -0.4 is 4.74 Å². The molecule has 1 aromatic carbocycles. The quantitative estimate of drug-likeness (QED) is 0.538. The van der Waals surface area contributed by atoms with Crippen molar-refractivity contribution in [1.29, 1.82) is 5.26 Å². The second kappa shape index (κ2) is 4.67. The molecular weight excluding hydrogens is 206 g/mol. The predicted octanol–water partition coefficient (Wildman–Crippen LogP) is 2.87. The summed E-state index contributed by atoms with van der Waals surface area (Å²) >= 11 is 0. The molecule has 0 spiro atoms. The number of benzene rings is 1. The van der Waals surface area contributed by atoms with Gasteiger partial charge in [-0.05, 0) is 32.9 Å². The monoisotopic (exact) mass is 219 g/mol. The molecular formula is C12H13NO3. The van der Waals surface area contributed by atoms with Gasteiger partial charge in [-0.15, -0.1) is 0 Å². The number of hydrogen-bond donors (Lipinski definition) is 0. The number of carbonyl (C=O) groups excluding carboxylic acids is 1. The van der Waals surface area contributed by atoms with Gasteiger partial charge in [0, 0.05) is 0 Å². The van der Waals surface area contributed by atoms with Gasteiger partial charge in [-0.25, -0.2) is 4.79 Å². The Morgan fingerprint density at radius 2 is 1.94 bits per heavy atom. The number of rotatable bonds is 1. The maximum Gasteiger partial charge on any atom is 0.514 e. The largest absolute Gasteiger partial charge is 0.514 e. The topological polar surface area (TPSA) is 59.3 Å². The van der Waals surface area contributed by atoms with Crippen LogP contribution in [0.3, 0.4) is 0 Å². The second-order valence-corrected chi connectivity index (χ2v) is 4.17. The second-order valence-electron chi connectivity index (χ2n) is 4.17. The molecule has 0 radical (unpaired) electrons. The molecule has 0 unspecified atom stereocenters. The Bertz CT molecular complexity index is 427. The van der Waals surface area contributed by atoms with Gasteiger partial charge in [0.25, 0.3) is 0 Å². The Kier molecular flexibility index (Phi) is 3.51. The van der Waals surface area contributed by atoms with Crippen LogP contribution in [0.5, 0.6) is 5.75 Å². The molecule has 16 heavy (non-hydrogen) atoms. The van der Waals surface area contributed by atoms with E-state index in [-0.39, 0.29) is 5.75 Å². The summed E-state index contributed by atoms with van der Waals surface area (Å²) in [5.74, 6) is 0.208. The zero-order valence-corrected chi connectivity index (χ0v) is 9.48. The molecule has 0 atom stereocenters. The molecule has 0 fully saturated rings. The van der Waals surface area contributed by atoms with E-state index in [2.05, 4.69) is 0 Å². The highest BCUT2D eigenvalue weighted by Gasteiger charge is 2.18. The third kappa shape index (κ3) is 3.62. The van der Waals surface area contributed by atoms with Crippen molar-refractivity contribution in [2.45, 2.75) is 26.4 Å². The first kappa shape index (κ1) is 12.1. The van der Waals surface area contributed by atoms with Gasteiger partial charge < -0.3 is 9.47 Å². The van der Waals surface area contributed by atoms with Crippen molar-refractivity contribution in [3.8, 4) is 11.8 Å². The molecule has 0 heterocycles. The van der Waals surface area contributed by atoms with E-state index in [4.69, 9.17) is 14.7 Å². The van der Waals surface area contributed by atoms with Gasteiger partial charge >= 0.3 is 6.16 Å². The molecule has 84 valence electrons. The number of nitrogens with zero attached hydrogens (tertiary/aromatic N) is 1. The van der Waals surface area contributed by atoms with Gasteiger partial charge in [0.2, 0.25) is 0 Å². The highest BCUT2D eigenvalue weighted by Crippen LogP contribution is 2.18. The molecule has 4 heteroatoms. The Labute approximate surface area is 94.4 Å². The van der Waals surface area contributed by atoms with Gasteiger partial charge in [0.05, 0.1) is 5.56 Å². The van der Waals surface area contributed by atoms with Gasteiger partial charge in [0.1, 0.15) is 11.7 Å². The lowest BCUT2D eigenvalue weighted by Gasteiger charge is -2.18. The molecule has 0 aliphatic heterocycles. The summed E-state index contributed by atoms with van der Waals surface area (Å²) in [6.07, 6.45) is -0.810. The average Bonchev–Trinajstić information content (AvgIpc) is 2.15. The summed E-state index contributed by atoms with van der Waals surface area (Å²) in [7, 11) is 0. The van der Waals surface area contributed by atoms with Crippen molar-refractivity contribution in [2.75, 3.05) is 0 Å². The van der Waals surface area contributed by atoms with Crippen LogP contribution in [0.25, 0.3) is 0 Å². The minimum absolute atomic E-state index is 0.208. The molecule has 0 saturated carbocycles. The third-order valence-electron chi connectivity index (χ3n) is 1.59. The van der Waals surface area contributed by atoms with Crippen molar-refractivity contribution in [3.05, 3.63) is 29.8 Å². The van der Waals surface area contributed by atoms with Gasteiger partial charge in [-0.2, -0.15) is 5.26 Å². The van der Waals surface area contributed by atoms with Crippen LogP contribution in [-0.4, -0.2) is 11.8 Å². The lowest BCUT2D eigenvalue weighted by atomic mass is 10.2. The standard InChI is InChI=1S/C12H13NO3/c1-12(2,3)16-11(14)15-10-7-5-4-6-9(10)8-13/h4-7H,1-3H3. The molecule has 4 nitrogen and oxygen atoms in total. The summed E-state index contributed by atoms with van der Waals surface area (Å²) in [6.45, 7) is 5.22. The van der Waals surface area contributed by atoms with Crippen LogP contribution in [0.2, 0.25) is 0 Å². The molecule has 0 aliphatic rings. The number of ether oxygens (including phenoxy) is 2. The molecule has 0 N–H and O–H groups in total. The molecule has 1 rings (SSSR count). The van der Waals surface area contributed by atoms with Crippen molar-refractivity contribution in [2.24, 2.45) is 0 Å². The van der Waals surface area contributed by atoms with E-state index < -0.39 is 11.8 Å². The number of hydrogen-bond acceptors (Lipinski definition) is 4. The Hall–Kier alpha value is -2.02. The van der Waals surface area contributed by atoms with E-state index >= 15 is 0 Å². The third-order valence-corrected chi connectivity index (χ3v) is 1.59.